The summed E-state index contributed by atoms with van der Waals surface area (Å²) in [6, 6.07) is 24.9. The smallest absolute Gasteiger partial charge is 0.222 e. The Labute approximate surface area is 599 Å². The summed E-state index contributed by atoms with van der Waals surface area (Å²) >= 11 is 0. The minimum Gasteiger partial charge on any atom is -0.492 e. The van der Waals surface area contributed by atoms with E-state index in [1.807, 2.05) is 36.4 Å². The highest BCUT2D eigenvalue weighted by molar-refractivity contribution is 5.77. The third kappa shape index (κ3) is 41.4. The lowest BCUT2D eigenvalue weighted by Crippen LogP contribution is -2.45. The number of carbonyl (C=O) groups is 3. The first-order chi connectivity index (χ1) is 48.3. The molecule has 3 aromatic rings. The van der Waals surface area contributed by atoms with Crippen molar-refractivity contribution in [3.05, 3.63) is 126 Å². The van der Waals surface area contributed by atoms with Crippen molar-refractivity contribution in [2.24, 2.45) is 0 Å². The van der Waals surface area contributed by atoms with Gasteiger partial charge in [-0.1, -0.05) is 248 Å². The number of carbonyl (C=O) groups excluding carboxylic acids is 3. The molecule has 11 heteroatoms. The summed E-state index contributed by atoms with van der Waals surface area (Å²) in [6.07, 6.45) is 63.2. The van der Waals surface area contributed by atoms with Crippen LogP contribution in [0.5, 0.6) is 17.2 Å². The summed E-state index contributed by atoms with van der Waals surface area (Å²) < 4.78 is 19.6. The van der Waals surface area contributed by atoms with Crippen LogP contribution in [0.3, 0.4) is 0 Å². The fourth-order valence-corrected chi connectivity index (χ4v) is 13.6. The molecular formula is C87H141N5O6. The molecule has 0 unspecified atom stereocenters. The van der Waals surface area contributed by atoms with E-state index in [1.165, 1.54) is 173 Å². The molecule has 0 saturated carbocycles. The van der Waals surface area contributed by atoms with Crippen LogP contribution in [0, 0.1) is 0 Å². The van der Waals surface area contributed by atoms with Crippen molar-refractivity contribution in [2.75, 3.05) is 78.7 Å². The van der Waals surface area contributed by atoms with Gasteiger partial charge in [0.2, 0.25) is 17.7 Å². The molecule has 0 fully saturated rings. The Hall–Kier alpha value is -5.39. The molecule has 11 nitrogen and oxygen atoms in total. The molecule has 8 bridgehead atoms. The Bertz CT molecular complexity index is 2290. The molecule has 0 radical (unpaired) electrons. The van der Waals surface area contributed by atoms with Gasteiger partial charge in [-0.3, -0.25) is 24.2 Å². The van der Waals surface area contributed by atoms with Crippen LogP contribution in [0.25, 0.3) is 0 Å². The maximum Gasteiger partial charge on any atom is 0.222 e. The van der Waals surface area contributed by atoms with Gasteiger partial charge in [-0.25, -0.2) is 0 Å². The quantitative estimate of drug-likeness (QED) is 0.0408. The molecule has 0 spiro atoms. The topological polar surface area (TPSA) is 95.1 Å². The van der Waals surface area contributed by atoms with Crippen LogP contribution in [0.1, 0.15) is 307 Å². The van der Waals surface area contributed by atoms with Crippen molar-refractivity contribution in [3.63, 3.8) is 0 Å². The van der Waals surface area contributed by atoms with Gasteiger partial charge < -0.3 is 28.9 Å². The number of allylic oxidation sites excluding steroid dienone is 6. The second kappa shape index (κ2) is 57.3. The van der Waals surface area contributed by atoms with E-state index in [-0.39, 0.29) is 17.7 Å². The third-order valence-electron chi connectivity index (χ3n) is 19.9. The number of fused-ring (bicyclic) bond motifs is 15. The molecule has 0 atom stereocenters. The molecule has 0 saturated heterocycles. The van der Waals surface area contributed by atoms with Crippen molar-refractivity contribution in [2.45, 2.75) is 310 Å². The zero-order valence-electron chi connectivity index (χ0n) is 62.9. The lowest BCUT2D eigenvalue weighted by atomic mass is 10.1. The first-order valence-electron chi connectivity index (χ1n) is 40.7. The second-order valence-corrected chi connectivity index (χ2v) is 28.6. The predicted octanol–water partition coefficient (Wildman–Crippen LogP) is 22.0. The van der Waals surface area contributed by atoms with Crippen LogP contribution in [-0.4, -0.2) is 121 Å². The summed E-state index contributed by atoms with van der Waals surface area (Å²) in [4.78, 5) is 55.3. The first-order valence-corrected chi connectivity index (χ1v) is 40.7. The van der Waals surface area contributed by atoms with Gasteiger partial charge in [0.1, 0.15) is 37.1 Å². The van der Waals surface area contributed by atoms with Crippen molar-refractivity contribution < 1.29 is 28.6 Å². The number of nitrogens with zero attached hydrogens (tertiary/aromatic N) is 5. The molecule has 6 rings (SSSR count). The van der Waals surface area contributed by atoms with Gasteiger partial charge in [-0.15, -0.1) is 0 Å². The number of benzene rings is 3. The molecule has 550 valence electrons. The van der Waals surface area contributed by atoms with Crippen LogP contribution in [0.2, 0.25) is 0 Å². The molecule has 0 N–H and O–H groups in total. The molecule has 3 aliphatic heterocycles. The average molecular weight is 1350 g/mol. The van der Waals surface area contributed by atoms with Gasteiger partial charge in [0.15, 0.2) is 0 Å². The van der Waals surface area contributed by atoms with Gasteiger partial charge >= 0.3 is 0 Å². The monoisotopic (exact) mass is 1350 g/mol. The fraction of sp³-hybridized carbons (Fsp3) is 0.690. The average Bonchev–Trinajstić information content (AvgIpc) is 0.922. The summed E-state index contributed by atoms with van der Waals surface area (Å²) in [5, 5.41) is 0. The van der Waals surface area contributed by atoms with Gasteiger partial charge in [0, 0.05) is 97.8 Å². The zero-order chi connectivity index (χ0) is 69.2. The molecule has 3 heterocycles. The van der Waals surface area contributed by atoms with Crippen LogP contribution in [0.4, 0.5) is 0 Å². The van der Waals surface area contributed by atoms with Crippen LogP contribution >= 0.6 is 0 Å². The predicted molar refractivity (Wildman–Crippen MR) is 413 cm³/mol. The van der Waals surface area contributed by atoms with Gasteiger partial charge in [0.05, 0.1) is 0 Å². The lowest BCUT2D eigenvalue weighted by molar-refractivity contribution is -0.132. The van der Waals surface area contributed by atoms with Crippen molar-refractivity contribution >= 4 is 17.7 Å². The van der Waals surface area contributed by atoms with E-state index in [2.05, 4.69) is 118 Å². The molecule has 0 aromatic heterocycles. The number of hydrogen-bond donors (Lipinski definition) is 0. The van der Waals surface area contributed by atoms with Crippen molar-refractivity contribution in [1.29, 1.82) is 0 Å². The minimum atomic E-state index is 0.172. The Balaban J connectivity index is 1.34. The van der Waals surface area contributed by atoms with E-state index in [9.17, 15) is 14.4 Å². The maximum atomic E-state index is 14.8. The molecule has 98 heavy (non-hydrogen) atoms. The lowest BCUT2D eigenvalue weighted by Gasteiger charge is -2.32. The summed E-state index contributed by atoms with van der Waals surface area (Å²) in [7, 11) is 0. The summed E-state index contributed by atoms with van der Waals surface area (Å²) in [6.45, 7) is 15.0. The van der Waals surface area contributed by atoms with E-state index in [4.69, 9.17) is 14.2 Å². The largest absolute Gasteiger partial charge is 0.492 e. The number of amides is 3. The van der Waals surface area contributed by atoms with E-state index < -0.39 is 0 Å². The van der Waals surface area contributed by atoms with Gasteiger partial charge in [-0.05, 0) is 149 Å². The third-order valence-corrected chi connectivity index (χ3v) is 19.9. The minimum absolute atomic E-state index is 0.172. The second-order valence-electron chi connectivity index (χ2n) is 28.6. The highest BCUT2D eigenvalue weighted by Crippen LogP contribution is 2.23. The number of unbranched alkanes of at least 4 members (excludes halogenated alkanes) is 33. The molecule has 3 aliphatic rings. The number of rotatable bonds is 45. The molecule has 3 aromatic carbocycles. The van der Waals surface area contributed by atoms with E-state index >= 15 is 0 Å². The molecule has 3 amide bonds. The van der Waals surface area contributed by atoms with Gasteiger partial charge in [0.25, 0.3) is 0 Å². The number of ether oxygens (including phenoxy) is 3. The highest BCUT2D eigenvalue weighted by Gasteiger charge is 2.23. The zero-order valence-corrected chi connectivity index (χ0v) is 62.9. The van der Waals surface area contributed by atoms with E-state index in [1.54, 1.807) is 0 Å². The van der Waals surface area contributed by atoms with E-state index in [0.717, 1.165) is 111 Å². The standard InChI is InChI=1S/C87H141N5O6/c1-4-7-10-13-16-19-22-25-28-31-34-37-40-43-46-58-85(93)90-64-61-88-62-65-91(86(94)59-47-44-41-38-35-32-29-26-23-20-17-14-11-8-5-2)77-80-53-50-56-83(74-80)97-71-68-89(67-70-96-82-55-49-52-79(73-82)76-90)69-72-98-84-57-51-54-81(75-84)78-92(66-63-88)87(95)60-48-45-42-39-36-33-30-27-24-21-18-15-12-9-6-3/h25-30,49-57,73-75H,4-24,31-48,58-72,76-78H2,1-3H3/b28-25+,29-26+,30-27+. The Morgan fingerprint density at radius 3 is 0.796 bits per heavy atom. The van der Waals surface area contributed by atoms with Crippen molar-refractivity contribution in [1.82, 2.24) is 24.5 Å². The summed E-state index contributed by atoms with van der Waals surface area (Å²) in [5.74, 6) is 2.88. The van der Waals surface area contributed by atoms with Gasteiger partial charge in [-0.2, -0.15) is 0 Å². The van der Waals surface area contributed by atoms with Crippen LogP contribution in [-0.2, 0) is 34.0 Å². The van der Waals surface area contributed by atoms with Crippen LogP contribution < -0.4 is 14.2 Å². The Morgan fingerprint density at radius 2 is 0.531 bits per heavy atom. The Morgan fingerprint density at radius 1 is 0.296 bits per heavy atom. The van der Waals surface area contributed by atoms with Crippen molar-refractivity contribution in [3.8, 4) is 17.2 Å². The molecule has 0 aliphatic carbocycles. The SMILES string of the molecule is CCCCCCCC/C=C/CCCCCCCC(=O)N1CCN2CCN(C(=O)CCCCCCC/C=C/CCCCCCCC)Cc3cccc(c3)OCCN(CCOc3cccc(c3)C1)CCOc1cccc(c1)CN(C(=O)CCCCCCC/C=C/CCCCCCCC)CC2. The normalized spacial score (nSPS) is 16.4. The number of hydrogen-bond acceptors (Lipinski definition) is 8. The van der Waals surface area contributed by atoms with E-state index in [0.29, 0.717) is 118 Å². The molecular weight excluding hydrogens is 1210 g/mol. The summed E-state index contributed by atoms with van der Waals surface area (Å²) in [5.41, 5.74) is 3.12. The first kappa shape index (κ1) is 83.3. The highest BCUT2D eigenvalue weighted by atomic mass is 16.5. The maximum absolute atomic E-state index is 14.8. The van der Waals surface area contributed by atoms with Crippen LogP contribution in [0.15, 0.2) is 109 Å². The Kier molecular flexibility index (Phi) is 48.7. The fourth-order valence-electron chi connectivity index (χ4n) is 13.6.